The second-order valence-corrected chi connectivity index (χ2v) is 6.37. The Morgan fingerprint density at radius 1 is 1.42 bits per heavy atom. The number of nitrogens with zero attached hydrogens (tertiary/aromatic N) is 2. The molecule has 1 aliphatic rings. The summed E-state index contributed by atoms with van der Waals surface area (Å²) in [5.41, 5.74) is 6.04. The highest BCUT2D eigenvalue weighted by atomic mass is 16.2. The van der Waals surface area contributed by atoms with E-state index in [0.29, 0.717) is 18.5 Å². The van der Waals surface area contributed by atoms with E-state index in [1.165, 1.54) is 6.42 Å². The zero-order chi connectivity index (χ0) is 14.4. The molecule has 4 nitrogen and oxygen atoms in total. The molecule has 0 bridgehead atoms. The maximum Gasteiger partial charge on any atom is 0.236 e. The summed E-state index contributed by atoms with van der Waals surface area (Å²) in [5, 5.41) is 0. The average molecular weight is 269 g/mol. The van der Waals surface area contributed by atoms with Crippen LogP contribution in [0.25, 0.3) is 0 Å². The maximum absolute atomic E-state index is 12.3. The third kappa shape index (κ3) is 5.49. The lowest BCUT2D eigenvalue weighted by Crippen LogP contribution is -2.46. The molecule has 0 spiro atoms. The van der Waals surface area contributed by atoms with Crippen LogP contribution in [0.5, 0.6) is 0 Å². The van der Waals surface area contributed by atoms with Crippen LogP contribution in [0, 0.1) is 5.92 Å². The van der Waals surface area contributed by atoms with Gasteiger partial charge in [0.15, 0.2) is 0 Å². The van der Waals surface area contributed by atoms with Gasteiger partial charge in [0.25, 0.3) is 0 Å². The summed E-state index contributed by atoms with van der Waals surface area (Å²) in [6.07, 6.45) is 4.51. The Balaban J connectivity index is 2.31. The molecule has 4 heteroatoms. The molecule has 1 aliphatic heterocycles. The topological polar surface area (TPSA) is 49.6 Å². The standard InChI is InChI=1S/C15H31N3O/c1-12(2)14(16)8-10-17(4)11-15(19)18-9-6-5-7-13(18)3/h12-14H,5-11,16H2,1-4H3. The van der Waals surface area contributed by atoms with Crippen molar-refractivity contribution in [1.29, 1.82) is 0 Å². The minimum absolute atomic E-state index is 0.228. The van der Waals surface area contributed by atoms with Crippen LogP contribution in [0.1, 0.15) is 46.5 Å². The fraction of sp³-hybridized carbons (Fsp3) is 0.933. The lowest BCUT2D eigenvalue weighted by molar-refractivity contribution is -0.135. The Labute approximate surface area is 118 Å². The Kier molecular flexibility index (Phi) is 6.80. The van der Waals surface area contributed by atoms with Crippen LogP contribution in [0.4, 0.5) is 0 Å². The highest BCUT2D eigenvalue weighted by molar-refractivity contribution is 5.78. The largest absolute Gasteiger partial charge is 0.339 e. The minimum Gasteiger partial charge on any atom is -0.339 e. The molecule has 2 N–H and O–H groups in total. The Morgan fingerprint density at radius 3 is 2.68 bits per heavy atom. The molecule has 2 atom stereocenters. The van der Waals surface area contributed by atoms with Gasteiger partial charge in [-0.3, -0.25) is 9.69 Å². The van der Waals surface area contributed by atoms with Crippen molar-refractivity contribution in [1.82, 2.24) is 9.80 Å². The third-order valence-corrected chi connectivity index (χ3v) is 4.23. The maximum atomic E-state index is 12.3. The summed E-state index contributed by atoms with van der Waals surface area (Å²) in [5.74, 6) is 0.777. The molecule has 0 saturated carbocycles. The van der Waals surface area contributed by atoms with Crippen molar-refractivity contribution in [3.05, 3.63) is 0 Å². The summed E-state index contributed by atoms with van der Waals surface area (Å²) in [6.45, 7) is 8.80. The quantitative estimate of drug-likeness (QED) is 0.798. The molecule has 0 aromatic carbocycles. The average Bonchev–Trinajstić information content (AvgIpc) is 2.36. The van der Waals surface area contributed by atoms with Gasteiger partial charge < -0.3 is 10.6 Å². The van der Waals surface area contributed by atoms with Crippen molar-refractivity contribution >= 4 is 5.91 Å². The van der Waals surface area contributed by atoms with Crippen molar-refractivity contribution < 1.29 is 4.79 Å². The van der Waals surface area contributed by atoms with Crippen LogP contribution in [-0.4, -0.2) is 54.5 Å². The van der Waals surface area contributed by atoms with Crippen LogP contribution in [0.3, 0.4) is 0 Å². The van der Waals surface area contributed by atoms with E-state index in [1.54, 1.807) is 0 Å². The molecule has 0 aliphatic carbocycles. The van der Waals surface area contributed by atoms with Crippen LogP contribution < -0.4 is 5.73 Å². The van der Waals surface area contributed by atoms with E-state index in [1.807, 2.05) is 11.9 Å². The first kappa shape index (κ1) is 16.4. The Hall–Kier alpha value is -0.610. The van der Waals surface area contributed by atoms with Crippen molar-refractivity contribution in [2.24, 2.45) is 11.7 Å². The number of hydrogen-bond donors (Lipinski definition) is 1. The molecule has 1 fully saturated rings. The molecule has 1 rings (SSSR count). The predicted octanol–water partition coefficient (Wildman–Crippen LogP) is 1.69. The number of carbonyl (C=O) groups excluding carboxylic acids is 1. The molecular weight excluding hydrogens is 238 g/mol. The molecule has 0 aromatic rings. The first-order chi connectivity index (χ1) is 8.91. The summed E-state index contributed by atoms with van der Waals surface area (Å²) >= 11 is 0. The van der Waals surface area contributed by atoms with Gasteiger partial charge in [0.1, 0.15) is 0 Å². The highest BCUT2D eigenvalue weighted by Crippen LogP contribution is 2.16. The molecule has 112 valence electrons. The zero-order valence-electron chi connectivity index (χ0n) is 13.1. The van der Waals surface area contributed by atoms with Crippen LogP contribution in [-0.2, 0) is 4.79 Å². The summed E-state index contributed by atoms with van der Waals surface area (Å²) in [7, 11) is 2.01. The van der Waals surface area contributed by atoms with Crippen molar-refractivity contribution in [3.8, 4) is 0 Å². The summed E-state index contributed by atoms with van der Waals surface area (Å²) in [4.78, 5) is 16.4. The second kappa shape index (κ2) is 7.85. The molecule has 1 amide bonds. The minimum atomic E-state index is 0.228. The molecule has 1 saturated heterocycles. The second-order valence-electron chi connectivity index (χ2n) is 6.37. The molecule has 2 unspecified atom stereocenters. The molecule has 19 heavy (non-hydrogen) atoms. The van der Waals surface area contributed by atoms with Crippen LogP contribution in [0.15, 0.2) is 0 Å². The van der Waals surface area contributed by atoms with E-state index in [-0.39, 0.29) is 11.9 Å². The smallest absolute Gasteiger partial charge is 0.236 e. The number of carbonyl (C=O) groups is 1. The Morgan fingerprint density at radius 2 is 2.11 bits per heavy atom. The van der Waals surface area contributed by atoms with Gasteiger partial charge in [-0.15, -0.1) is 0 Å². The van der Waals surface area contributed by atoms with E-state index >= 15 is 0 Å². The number of likely N-dealkylation sites (N-methyl/N-ethyl adjacent to an activating group) is 1. The van der Waals surface area contributed by atoms with Gasteiger partial charge in [-0.25, -0.2) is 0 Å². The predicted molar refractivity (Wildman–Crippen MR) is 80.0 cm³/mol. The lowest BCUT2D eigenvalue weighted by Gasteiger charge is -2.34. The van der Waals surface area contributed by atoms with Gasteiger partial charge in [-0.05, 0) is 52.1 Å². The van der Waals surface area contributed by atoms with E-state index in [0.717, 1.165) is 32.4 Å². The molecule has 0 radical (unpaired) electrons. The van der Waals surface area contributed by atoms with Gasteiger partial charge in [0.2, 0.25) is 5.91 Å². The highest BCUT2D eigenvalue weighted by Gasteiger charge is 2.23. The van der Waals surface area contributed by atoms with Gasteiger partial charge in [-0.1, -0.05) is 13.8 Å². The molecule has 1 heterocycles. The summed E-state index contributed by atoms with van der Waals surface area (Å²) < 4.78 is 0. The lowest BCUT2D eigenvalue weighted by atomic mass is 10.0. The molecule has 0 aromatic heterocycles. The van der Waals surface area contributed by atoms with Crippen LogP contribution in [0.2, 0.25) is 0 Å². The van der Waals surface area contributed by atoms with E-state index in [9.17, 15) is 4.79 Å². The number of hydrogen-bond acceptors (Lipinski definition) is 3. The van der Waals surface area contributed by atoms with Gasteiger partial charge in [0, 0.05) is 18.6 Å². The first-order valence-electron chi connectivity index (χ1n) is 7.65. The van der Waals surface area contributed by atoms with Gasteiger partial charge >= 0.3 is 0 Å². The van der Waals surface area contributed by atoms with Gasteiger partial charge in [0.05, 0.1) is 6.54 Å². The fourth-order valence-corrected chi connectivity index (χ4v) is 2.57. The normalized spacial score (nSPS) is 22.1. The van der Waals surface area contributed by atoms with E-state index in [2.05, 4.69) is 25.7 Å². The Bertz CT molecular complexity index is 281. The SMILES string of the molecule is CC(C)C(N)CCN(C)CC(=O)N1CCCCC1C. The third-order valence-electron chi connectivity index (χ3n) is 4.23. The van der Waals surface area contributed by atoms with Crippen LogP contribution >= 0.6 is 0 Å². The number of piperidine rings is 1. The van der Waals surface area contributed by atoms with Crippen molar-refractivity contribution in [2.45, 2.75) is 58.5 Å². The monoisotopic (exact) mass is 269 g/mol. The van der Waals surface area contributed by atoms with Crippen molar-refractivity contribution in [2.75, 3.05) is 26.7 Å². The zero-order valence-corrected chi connectivity index (χ0v) is 13.1. The number of likely N-dealkylation sites (tertiary alicyclic amines) is 1. The van der Waals surface area contributed by atoms with Crippen molar-refractivity contribution in [3.63, 3.8) is 0 Å². The van der Waals surface area contributed by atoms with E-state index in [4.69, 9.17) is 5.73 Å². The van der Waals surface area contributed by atoms with E-state index < -0.39 is 0 Å². The summed E-state index contributed by atoms with van der Waals surface area (Å²) in [6, 6.07) is 0.638. The molecular formula is C15H31N3O. The number of rotatable bonds is 6. The first-order valence-corrected chi connectivity index (χ1v) is 7.65. The number of nitrogens with two attached hydrogens (primary N) is 1. The van der Waals surface area contributed by atoms with Gasteiger partial charge in [-0.2, -0.15) is 0 Å². The fourth-order valence-electron chi connectivity index (χ4n) is 2.57. The number of amides is 1.